The van der Waals surface area contributed by atoms with Gasteiger partial charge in [0.2, 0.25) is 0 Å². The molecule has 2 aromatic rings. The Labute approximate surface area is 179 Å². The Kier molecular flexibility index (Phi) is 6.72. The molecule has 2 amide bonds. The Morgan fingerprint density at radius 2 is 1.63 bits per heavy atom. The molecule has 156 valence electrons. The Morgan fingerprint density at radius 1 is 1.00 bits per heavy atom. The minimum atomic E-state index is -1.07. The zero-order valence-electron chi connectivity index (χ0n) is 17.1. The van der Waals surface area contributed by atoms with E-state index >= 15 is 0 Å². The van der Waals surface area contributed by atoms with E-state index < -0.39 is 30.4 Å². The fourth-order valence-corrected chi connectivity index (χ4v) is 3.76. The van der Waals surface area contributed by atoms with E-state index in [4.69, 9.17) is 4.74 Å². The van der Waals surface area contributed by atoms with Crippen LogP contribution >= 0.6 is 11.8 Å². The number of thioether (sulfide) groups is 1. The number of carbonyl (C=O) groups is 4. The van der Waals surface area contributed by atoms with Crippen LogP contribution in [-0.4, -0.2) is 53.1 Å². The molecule has 0 bridgehead atoms. The number of esters is 1. The second kappa shape index (κ2) is 9.26. The van der Waals surface area contributed by atoms with Gasteiger partial charge in [-0.2, -0.15) is 11.8 Å². The van der Waals surface area contributed by atoms with Crippen LogP contribution in [0.4, 0.5) is 0 Å². The molecule has 2 aromatic carbocycles. The molecule has 0 aromatic heterocycles. The average Bonchev–Trinajstić information content (AvgIpc) is 2.99. The third kappa shape index (κ3) is 4.31. The van der Waals surface area contributed by atoms with E-state index in [-0.39, 0.29) is 23.3 Å². The van der Waals surface area contributed by atoms with Gasteiger partial charge in [0.1, 0.15) is 6.04 Å². The minimum Gasteiger partial charge on any atom is -0.456 e. The average molecular weight is 426 g/mol. The highest BCUT2D eigenvalue weighted by Crippen LogP contribution is 2.26. The van der Waals surface area contributed by atoms with Crippen molar-refractivity contribution in [3.05, 3.63) is 70.3 Å². The van der Waals surface area contributed by atoms with E-state index in [0.717, 1.165) is 16.0 Å². The molecule has 1 aliphatic heterocycles. The van der Waals surface area contributed by atoms with E-state index in [1.54, 1.807) is 36.4 Å². The van der Waals surface area contributed by atoms with Crippen molar-refractivity contribution in [2.24, 2.45) is 0 Å². The summed E-state index contributed by atoms with van der Waals surface area (Å²) in [6, 6.07) is 10.7. The molecule has 30 heavy (non-hydrogen) atoms. The highest BCUT2D eigenvalue weighted by molar-refractivity contribution is 7.98. The molecule has 1 heterocycles. The van der Waals surface area contributed by atoms with Gasteiger partial charge >= 0.3 is 5.97 Å². The molecule has 0 radical (unpaired) electrons. The van der Waals surface area contributed by atoms with Crippen LogP contribution in [0.2, 0.25) is 0 Å². The summed E-state index contributed by atoms with van der Waals surface area (Å²) in [6.45, 7) is 3.40. The number of aryl methyl sites for hydroxylation is 2. The predicted molar refractivity (Wildman–Crippen MR) is 115 cm³/mol. The molecule has 0 saturated carbocycles. The second-order valence-electron chi connectivity index (χ2n) is 7.15. The summed E-state index contributed by atoms with van der Waals surface area (Å²) in [6.07, 6.45) is 2.12. The van der Waals surface area contributed by atoms with Crippen molar-refractivity contribution in [2.45, 2.75) is 26.3 Å². The van der Waals surface area contributed by atoms with Crippen molar-refractivity contribution in [3.63, 3.8) is 0 Å². The van der Waals surface area contributed by atoms with Gasteiger partial charge in [-0.05, 0) is 61.6 Å². The first kappa shape index (κ1) is 21.8. The number of carbonyl (C=O) groups excluding carboxylic acids is 4. The minimum absolute atomic E-state index is 0.253. The van der Waals surface area contributed by atoms with Gasteiger partial charge in [0, 0.05) is 5.56 Å². The standard InChI is InChI=1S/C23H23NO5S/c1-14-8-9-16(12-15(14)2)20(25)13-29-23(28)19(10-11-30-3)24-21(26)17-6-4-5-7-18(17)22(24)27/h4-9,12,19H,10-11,13H2,1-3H3/t19-/m0/s1. The number of ketones is 1. The SMILES string of the molecule is CSCC[C@@H](C(=O)OCC(=O)c1ccc(C)c(C)c1)N1C(=O)c2ccccc2C1=O. The Balaban J connectivity index is 1.75. The number of Topliss-reactive ketones (excluding diaryl/α,β-unsaturated/α-hetero) is 1. The van der Waals surface area contributed by atoms with Crippen LogP contribution in [0.1, 0.15) is 48.6 Å². The lowest BCUT2D eigenvalue weighted by atomic mass is 10.0. The van der Waals surface area contributed by atoms with Gasteiger partial charge < -0.3 is 4.74 Å². The molecule has 0 aliphatic carbocycles. The number of imide groups is 1. The monoisotopic (exact) mass is 425 g/mol. The number of amides is 2. The van der Waals surface area contributed by atoms with Gasteiger partial charge in [0.15, 0.2) is 12.4 Å². The maximum atomic E-state index is 12.8. The van der Waals surface area contributed by atoms with E-state index in [1.165, 1.54) is 11.8 Å². The first-order valence-electron chi connectivity index (χ1n) is 9.58. The van der Waals surface area contributed by atoms with E-state index in [2.05, 4.69) is 0 Å². The molecule has 7 heteroatoms. The van der Waals surface area contributed by atoms with Crippen LogP contribution in [0.5, 0.6) is 0 Å². The normalized spacial score (nSPS) is 13.9. The summed E-state index contributed by atoms with van der Waals surface area (Å²) in [5.41, 5.74) is 3.03. The summed E-state index contributed by atoms with van der Waals surface area (Å²) in [7, 11) is 0. The topological polar surface area (TPSA) is 80.8 Å². The van der Waals surface area contributed by atoms with E-state index in [1.807, 2.05) is 26.2 Å². The summed E-state index contributed by atoms with van der Waals surface area (Å²) in [4.78, 5) is 51.8. The zero-order valence-corrected chi connectivity index (χ0v) is 18.0. The van der Waals surface area contributed by atoms with Crippen LogP contribution in [0.25, 0.3) is 0 Å². The van der Waals surface area contributed by atoms with Gasteiger partial charge in [0.05, 0.1) is 11.1 Å². The molecule has 0 fully saturated rings. The van der Waals surface area contributed by atoms with E-state index in [9.17, 15) is 19.2 Å². The number of ether oxygens (including phenoxy) is 1. The molecule has 0 spiro atoms. The largest absolute Gasteiger partial charge is 0.456 e. The summed E-state index contributed by atoms with van der Waals surface area (Å²) in [5.74, 6) is -1.57. The van der Waals surface area contributed by atoms with Crippen LogP contribution < -0.4 is 0 Å². The molecule has 0 unspecified atom stereocenters. The zero-order chi connectivity index (χ0) is 21.8. The van der Waals surface area contributed by atoms with Crippen molar-refractivity contribution in [2.75, 3.05) is 18.6 Å². The highest BCUT2D eigenvalue weighted by atomic mass is 32.2. The molecule has 0 saturated heterocycles. The van der Waals surface area contributed by atoms with Crippen LogP contribution in [0.15, 0.2) is 42.5 Å². The molecular formula is C23H23NO5S. The van der Waals surface area contributed by atoms with Crippen molar-refractivity contribution in [3.8, 4) is 0 Å². The molecule has 1 atom stereocenters. The number of fused-ring (bicyclic) bond motifs is 1. The van der Waals surface area contributed by atoms with Gasteiger partial charge in [-0.3, -0.25) is 19.3 Å². The molecule has 3 rings (SSSR count). The van der Waals surface area contributed by atoms with Gasteiger partial charge in [-0.1, -0.05) is 24.3 Å². The molecule has 6 nitrogen and oxygen atoms in total. The second-order valence-corrected chi connectivity index (χ2v) is 8.14. The van der Waals surface area contributed by atoms with Gasteiger partial charge in [-0.15, -0.1) is 0 Å². The Hall–Kier alpha value is -2.93. The van der Waals surface area contributed by atoms with Crippen LogP contribution in [-0.2, 0) is 9.53 Å². The number of nitrogens with zero attached hydrogens (tertiary/aromatic N) is 1. The summed E-state index contributed by atoms with van der Waals surface area (Å²) in [5, 5.41) is 0. The first-order valence-corrected chi connectivity index (χ1v) is 11.0. The highest BCUT2D eigenvalue weighted by Gasteiger charge is 2.43. The van der Waals surface area contributed by atoms with Crippen molar-refractivity contribution in [1.82, 2.24) is 4.90 Å². The number of benzene rings is 2. The van der Waals surface area contributed by atoms with Crippen molar-refractivity contribution < 1.29 is 23.9 Å². The van der Waals surface area contributed by atoms with Crippen molar-refractivity contribution >= 4 is 35.3 Å². The lowest BCUT2D eigenvalue weighted by Gasteiger charge is -2.24. The quantitative estimate of drug-likeness (QED) is 0.366. The Morgan fingerprint density at radius 3 is 2.20 bits per heavy atom. The predicted octanol–water partition coefficient (Wildman–Crippen LogP) is 3.45. The maximum absolute atomic E-state index is 12.8. The van der Waals surface area contributed by atoms with E-state index in [0.29, 0.717) is 11.3 Å². The fourth-order valence-electron chi connectivity index (χ4n) is 3.30. The van der Waals surface area contributed by atoms with Gasteiger partial charge in [-0.25, -0.2) is 4.79 Å². The Bertz CT molecular complexity index is 981. The molecular weight excluding hydrogens is 402 g/mol. The lowest BCUT2D eigenvalue weighted by Crippen LogP contribution is -2.46. The third-order valence-corrected chi connectivity index (χ3v) is 5.82. The summed E-state index contributed by atoms with van der Waals surface area (Å²) < 4.78 is 5.25. The lowest BCUT2D eigenvalue weighted by molar-refractivity contribution is -0.147. The number of hydrogen-bond acceptors (Lipinski definition) is 6. The number of hydrogen-bond donors (Lipinski definition) is 0. The third-order valence-electron chi connectivity index (χ3n) is 5.18. The molecule has 0 N–H and O–H groups in total. The van der Waals surface area contributed by atoms with Crippen molar-refractivity contribution in [1.29, 1.82) is 0 Å². The summed E-state index contributed by atoms with van der Waals surface area (Å²) >= 11 is 1.49. The van der Waals surface area contributed by atoms with Crippen LogP contribution in [0, 0.1) is 13.8 Å². The first-order chi connectivity index (χ1) is 14.3. The number of rotatable bonds is 8. The maximum Gasteiger partial charge on any atom is 0.329 e. The fraction of sp³-hybridized carbons (Fsp3) is 0.304. The molecule has 1 aliphatic rings. The smallest absolute Gasteiger partial charge is 0.329 e. The van der Waals surface area contributed by atoms with Gasteiger partial charge in [0.25, 0.3) is 11.8 Å². The van der Waals surface area contributed by atoms with Crippen LogP contribution in [0.3, 0.4) is 0 Å².